The zero-order chi connectivity index (χ0) is 13.2. The largest absolute Gasteiger partial charge is 0.363 e. The summed E-state index contributed by atoms with van der Waals surface area (Å²) in [7, 11) is 0. The molecule has 2 heterocycles. The third-order valence-corrected chi connectivity index (χ3v) is 4.25. The van der Waals surface area contributed by atoms with Gasteiger partial charge in [-0.3, -0.25) is 0 Å². The molecule has 0 spiro atoms. The first-order chi connectivity index (χ1) is 9.22. The molecular formula is C15H13FN2S. The quantitative estimate of drug-likeness (QED) is 0.704. The second kappa shape index (κ2) is 4.97. The Hall–Kier alpha value is -1.94. The maximum atomic E-state index is 13.0. The van der Waals surface area contributed by atoms with E-state index in [2.05, 4.69) is 35.4 Å². The molecule has 2 aromatic heterocycles. The molecule has 19 heavy (non-hydrogen) atoms. The van der Waals surface area contributed by atoms with Crippen LogP contribution in [0.15, 0.2) is 48.5 Å². The van der Waals surface area contributed by atoms with E-state index in [1.165, 1.54) is 21.0 Å². The van der Waals surface area contributed by atoms with Crippen LogP contribution in [0.3, 0.4) is 0 Å². The normalized spacial score (nSPS) is 12.5. The Morgan fingerprint density at radius 2 is 2.00 bits per heavy atom. The topological polar surface area (TPSA) is 24.9 Å². The highest BCUT2D eigenvalue weighted by Crippen LogP contribution is 2.31. The number of pyridine rings is 1. The van der Waals surface area contributed by atoms with Gasteiger partial charge >= 0.3 is 0 Å². The number of rotatable bonds is 3. The molecule has 4 heteroatoms. The van der Waals surface area contributed by atoms with Crippen LogP contribution in [0.2, 0.25) is 0 Å². The highest BCUT2D eigenvalue weighted by molar-refractivity contribution is 7.19. The lowest BCUT2D eigenvalue weighted by atomic mass is 10.2. The SMILES string of the molecule is CC(Nc1cccc(F)n1)c1cc2ccccc2s1. The van der Waals surface area contributed by atoms with Crippen LogP contribution in [0.1, 0.15) is 17.8 Å². The molecule has 0 aliphatic heterocycles. The molecule has 0 bridgehead atoms. The average molecular weight is 272 g/mol. The summed E-state index contributed by atoms with van der Waals surface area (Å²) >= 11 is 1.74. The standard InChI is InChI=1S/C15H13FN2S/c1-10(17-15-8-4-7-14(16)18-15)13-9-11-5-2-3-6-12(11)19-13/h2-10H,1H3,(H,17,18). The fraction of sp³-hybridized carbons (Fsp3) is 0.133. The maximum Gasteiger partial charge on any atom is 0.214 e. The van der Waals surface area contributed by atoms with Crippen molar-refractivity contribution < 1.29 is 4.39 Å². The monoisotopic (exact) mass is 272 g/mol. The minimum absolute atomic E-state index is 0.103. The van der Waals surface area contributed by atoms with Gasteiger partial charge in [-0.1, -0.05) is 24.3 Å². The van der Waals surface area contributed by atoms with Gasteiger partial charge in [0, 0.05) is 9.58 Å². The van der Waals surface area contributed by atoms with E-state index in [9.17, 15) is 4.39 Å². The predicted molar refractivity (Wildman–Crippen MR) is 78.1 cm³/mol. The van der Waals surface area contributed by atoms with Gasteiger partial charge < -0.3 is 5.32 Å². The van der Waals surface area contributed by atoms with Gasteiger partial charge in [0.1, 0.15) is 5.82 Å². The zero-order valence-electron chi connectivity index (χ0n) is 10.4. The van der Waals surface area contributed by atoms with E-state index >= 15 is 0 Å². The van der Waals surface area contributed by atoms with Crippen molar-refractivity contribution in [3.8, 4) is 0 Å². The van der Waals surface area contributed by atoms with Crippen LogP contribution < -0.4 is 5.32 Å². The summed E-state index contributed by atoms with van der Waals surface area (Å²) in [5.41, 5.74) is 0. The molecule has 0 aliphatic carbocycles. The summed E-state index contributed by atoms with van der Waals surface area (Å²) in [5, 5.41) is 4.46. The lowest BCUT2D eigenvalue weighted by Crippen LogP contribution is -2.06. The number of nitrogens with one attached hydrogen (secondary N) is 1. The number of aromatic nitrogens is 1. The first-order valence-electron chi connectivity index (χ1n) is 6.10. The van der Waals surface area contributed by atoms with E-state index in [0.717, 1.165) is 0 Å². The first-order valence-corrected chi connectivity index (χ1v) is 6.91. The molecule has 2 nitrogen and oxygen atoms in total. The number of fused-ring (bicyclic) bond motifs is 1. The van der Waals surface area contributed by atoms with Gasteiger partial charge in [-0.05, 0) is 36.6 Å². The van der Waals surface area contributed by atoms with E-state index in [0.29, 0.717) is 5.82 Å². The van der Waals surface area contributed by atoms with E-state index in [1.54, 1.807) is 23.5 Å². The van der Waals surface area contributed by atoms with Crippen molar-refractivity contribution in [1.29, 1.82) is 0 Å². The summed E-state index contributed by atoms with van der Waals surface area (Å²) in [6.45, 7) is 2.05. The third kappa shape index (κ3) is 2.58. The molecule has 3 rings (SSSR count). The fourth-order valence-corrected chi connectivity index (χ4v) is 3.06. The summed E-state index contributed by atoms with van der Waals surface area (Å²) in [5.74, 6) is 0.0958. The number of halogens is 1. The Morgan fingerprint density at radius 1 is 1.16 bits per heavy atom. The molecule has 1 atom stereocenters. The highest BCUT2D eigenvalue weighted by atomic mass is 32.1. The minimum Gasteiger partial charge on any atom is -0.363 e. The Bertz CT molecular complexity index is 675. The summed E-state index contributed by atoms with van der Waals surface area (Å²) in [6, 6.07) is 15.3. The molecule has 0 fully saturated rings. The minimum atomic E-state index is -0.464. The first kappa shape index (κ1) is 12.1. The van der Waals surface area contributed by atoms with Crippen molar-refractivity contribution >= 4 is 27.2 Å². The lowest BCUT2D eigenvalue weighted by molar-refractivity contribution is 0.584. The molecule has 0 saturated heterocycles. The van der Waals surface area contributed by atoms with Crippen molar-refractivity contribution in [2.24, 2.45) is 0 Å². The number of hydrogen-bond acceptors (Lipinski definition) is 3. The summed E-state index contributed by atoms with van der Waals surface area (Å²) in [6.07, 6.45) is 0. The Labute approximate surface area is 114 Å². The molecule has 0 amide bonds. The number of nitrogens with zero attached hydrogens (tertiary/aromatic N) is 1. The summed E-state index contributed by atoms with van der Waals surface area (Å²) < 4.78 is 14.3. The van der Waals surface area contributed by atoms with Crippen molar-refractivity contribution in [3.05, 3.63) is 59.4 Å². The number of anilines is 1. The third-order valence-electron chi connectivity index (χ3n) is 2.95. The number of hydrogen-bond donors (Lipinski definition) is 1. The van der Waals surface area contributed by atoms with E-state index in [1.807, 2.05) is 12.1 Å². The van der Waals surface area contributed by atoms with Gasteiger partial charge in [0.25, 0.3) is 0 Å². The average Bonchev–Trinajstić information content (AvgIpc) is 2.82. The number of thiophene rings is 1. The molecule has 1 aromatic carbocycles. The van der Waals surface area contributed by atoms with Crippen molar-refractivity contribution in [1.82, 2.24) is 4.98 Å². The van der Waals surface area contributed by atoms with Crippen LogP contribution >= 0.6 is 11.3 Å². The Kier molecular flexibility index (Phi) is 3.17. The molecule has 1 unspecified atom stereocenters. The van der Waals surface area contributed by atoms with Crippen molar-refractivity contribution in [2.45, 2.75) is 13.0 Å². The molecule has 96 valence electrons. The Morgan fingerprint density at radius 3 is 2.79 bits per heavy atom. The van der Waals surface area contributed by atoms with Crippen LogP contribution in [0.4, 0.5) is 10.2 Å². The predicted octanol–water partition coefficient (Wildman–Crippen LogP) is 4.61. The fourth-order valence-electron chi connectivity index (χ4n) is 2.00. The Balaban J connectivity index is 1.85. The molecule has 1 N–H and O–H groups in total. The van der Waals surface area contributed by atoms with Crippen LogP contribution in [0, 0.1) is 5.95 Å². The van der Waals surface area contributed by atoms with E-state index < -0.39 is 5.95 Å². The molecule has 3 aromatic rings. The van der Waals surface area contributed by atoms with E-state index in [4.69, 9.17) is 0 Å². The molecular weight excluding hydrogens is 259 g/mol. The highest BCUT2D eigenvalue weighted by Gasteiger charge is 2.10. The molecule has 0 aliphatic rings. The van der Waals surface area contributed by atoms with Gasteiger partial charge in [0.05, 0.1) is 6.04 Å². The lowest BCUT2D eigenvalue weighted by Gasteiger charge is -2.12. The van der Waals surface area contributed by atoms with Gasteiger partial charge in [-0.25, -0.2) is 4.98 Å². The van der Waals surface area contributed by atoms with Gasteiger partial charge in [0.15, 0.2) is 0 Å². The van der Waals surface area contributed by atoms with Crippen molar-refractivity contribution in [2.75, 3.05) is 5.32 Å². The molecule has 0 radical (unpaired) electrons. The van der Waals surface area contributed by atoms with Gasteiger partial charge in [-0.2, -0.15) is 4.39 Å². The second-order valence-electron chi connectivity index (χ2n) is 4.40. The maximum absolute atomic E-state index is 13.0. The summed E-state index contributed by atoms with van der Waals surface area (Å²) in [4.78, 5) is 5.03. The van der Waals surface area contributed by atoms with Crippen LogP contribution in [-0.4, -0.2) is 4.98 Å². The van der Waals surface area contributed by atoms with E-state index in [-0.39, 0.29) is 6.04 Å². The second-order valence-corrected chi connectivity index (χ2v) is 5.51. The van der Waals surface area contributed by atoms with Gasteiger partial charge in [0.2, 0.25) is 5.95 Å². The molecule has 0 saturated carbocycles. The zero-order valence-corrected chi connectivity index (χ0v) is 11.2. The van der Waals surface area contributed by atoms with Crippen LogP contribution in [0.5, 0.6) is 0 Å². The number of benzene rings is 1. The van der Waals surface area contributed by atoms with Crippen LogP contribution in [-0.2, 0) is 0 Å². The van der Waals surface area contributed by atoms with Gasteiger partial charge in [-0.15, -0.1) is 11.3 Å². The van der Waals surface area contributed by atoms with Crippen LogP contribution in [0.25, 0.3) is 10.1 Å². The van der Waals surface area contributed by atoms with Crippen molar-refractivity contribution in [3.63, 3.8) is 0 Å². The smallest absolute Gasteiger partial charge is 0.214 e.